The Morgan fingerprint density at radius 3 is 2.30 bits per heavy atom. The standard InChI is InChI=1S/C18H24F3NO/c1-22(13-5-8-14-6-3-2-4-7-14)17(23)15-9-11-16(12-10-15)18(19,20)21/h2-4,6-7,15-16H,5,8-13H2,1H3. The van der Waals surface area contributed by atoms with E-state index < -0.39 is 12.1 Å². The van der Waals surface area contributed by atoms with Crippen molar-refractivity contribution in [3.05, 3.63) is 35.9 Å². The molecule has 0 aromatic heterocycles. The summed E-state index contributed by atoms with van der Waals surface area (Å²) in [4.78, 5) is 14.0. The van der Waals surface area contributed by atoms with Crippen molar-refractivity contribution in [3.63, 3.8) is 0 Å². The highest BCUT2D eigenvalue weighted by molar-refractivity contribution is 5.78. The molecule has 5 heteroatoms. The van der Waals surface area contributed by atoms with Gasteiger partial charge < -0.3 is 4.90 Å². The lowest BCUT2D eigenvalue weighted by Gasteiger charge is -2.31. The minimum Gasteiger partial charge on any atom is -0.346 e. The number of rotatable bonds is 5. The van der Waals surface area contributed by atoms with Gasteiger partial charge in [-0.15, -0.1) is 0 Å². The second kappa shape index (κ2) is 7.84. The van der Waals surface area contributed by atoms with E-state index in [0.29, 0.717) is 19.4 Å². The van der Waals surface area contributed by atoms with Gasteiger partial charge >= 0.3 is 6.18 Å². The van der Waals surface area contributed by atoms with Gasteiger partial charge in [-0.1, -0.05) is 30.3 Å². The Bertz CT molecular complexity index is 493. The second-order valence-corrected chi connectivity index (χ2v) is 6.44. The molecule has 1 aromatic rings. The van der Waals surface area contributed by atoms with Crippen molar-refractivity contribution in [3.8, 4) is 0 Å². The first-order valence-electron chi connectivity index (χ1n) is 8.23. The molecule has 2 rings (SSSR count). The molecule has 128 valence electrons. The molecular formula is C18H24F3NO. The summed E-state index contributed by atoms with van der Waals surface area (Å²) in [5, 5.41) is 0. The van der Waals surface area contributed by atoms with Crippen molar-refractivity contribution in [1.29, 1.82) is 0 Å². The fourth-order valence-electron chi connectivity index (χ4n) is 3.25. The highest BCUT2D eigenvalue weighted by Gasteiger charge is 2.42. The molecule has 1 saturated carbocycles. The molecule has 1 aromatic carbocycles. The predicted molar refractivity (Wildman–Crippen MR) is 83.9 cm³/mol. The van der Waals surface area contributed by atoms with Crippen LogP contribution in [0.3, 0.4) is 0 Å². The van der Waals surface area contributed by atoms with E-state index in [1.807, 2.05) is 18.2 Å². The van der Waals surface area contributed by atoms with Gasteiger partial charge in [0.1, 0.15) is 0 Å². The van der Waals surface area contributed by atoms with Crippen LogP contribution in [0.25, 0.3) is 0 Å². The van der Waals surface area contributed by atoms with Gasteiger partial charge in [-0.25, -0.2) is 0 Å². The van der Waals surface area contributed by atoms with E-state index in [-0.39, 0.29) is 24.7 Å². The van der Waals surface area contributed by atoms with E-state index >= 15 is 0 Å². The van der Waals surface area contributed by atoms with Gasteiger partial charge in [0.2, 0.25) is 5.91 Å². The van der Waals surface area contributed by atoms with Crippen molar-refractivity contribution in [2.45, 2.75) is 44.7 Å². The Hall–Kier alpha value is -1.52. The Labute approximate surface area is 135 Å². The monoisotopic (exact) mass is 327 g/mol. The molecule has 0 radical (unpaired) electrons. The topological polar surface area (TPSA) is 20.3 Å². The molecule has 23 heavy (non-hydrogen) atoms. The van der Waals surface area contributed by atoms with Gasteiger partial charge in [0.25, 0.3) is 0 Å². The van der Waals surface area contributed by atoms with Crippen LogP contribution in [0.1, 0.15) is 37.7 Å². The first kappa shape index (κ1) is 17.8. The number of aryl methyl sites for hydroxylation is 1. The lowest BCUT2D eigenvalue weighted by Crippen LogP contribution is -2.37. The van der Waals surface area contributed by atoms with Crippen LogP contribution in [0, 0.1) is 11.8 Å². The van der Waals surface area contributed by atoms with Crippen LogP contribution in [0.4, 0.5) is 13.2 Å². The summed E-state index contributed by atoms with van der Waals surface area (Å²) in [5.41, 5.74) is 1.24. The number of amides is 1. The van der Waals surface area contributed by atoms with Crippen LogP contribution in [-0.4, -0.2) is 30.6 Å². The maximum absolute atomic E-state index is 12.7. The molecular weight excluding hydrogens is 303 g/mol. The number of carbonyl (C=O) groups excluding carboxylic acids is 1. The quantitative estimate of drug-likeness (QED) is 0.782. The van der Waals surface area contributed by atoms with E-state index in [4.69, 9.17) is 0 Å². The molecule has 0 aliphatic heterocycles. The largest absolute Gasteiger partial charge is 0.391 e. The molecule has 0 unspecified atom stereocenters. The van der Waals surface area contributed by atoms with E-state index in [1.165, 1.54) is 5.56 Å². The third-order valence-electron chi connectivity index (χ3n) is 4.72. The summed E-state index contributed by atoms with van der Waals surface area (Å²) in [6.07, 6.45) is -1.48. The highest BCUT2D eigenvalue weighted by atomic mass is 19.4. The number of halogens is 3. The zero-order chi connectivity index (χ0) is 16.9. The zero-order valence-electron chi connectivity index (χ0n) is 13.5. The molecule has 0 heterocycles. The summed E-state index contributed by atoms with van der Waals surface area (Å²) in [7, 11) is 1.75. The maximum Gasteiger partial charge on any atom is 0.391 e. The third-order valence-corrected chi connectivity index (χ3v) is 4.72. The first-order chi connectivity index (χ1) is 10.9. The maximum atomic E-state index is 12.7. The van der Waals surface area contributed by atoms with Gasteiger partial charge in [0.15, 0.2) is 0 Å². The third kappa shape index (κ3) is 5.26. The van der Waals surface area contributed by atoms with Crippen molar-refractivity contribution in [1.82, 2.24) is 4.90 Å². The molecule has 1 aliphatic rings. The Balaban J connectivity index is 1.73. The van der Waals surface area contributed by atoms with Crippen LogP contribution in [-0.2, 0) is 11.2 Å². The van der Waals surface area contributed by atoms with Crippen molar-refractivity contribution in [2.75, 3.05) is 13.6 Å². The molecule has 0 bridgehead atoms. The average Bonchev–Trinajstić information content (AvgIpc) is 2.54. The van der Waals surface area contributed by atoms with Crippen molar-refractivity contribution in [2.24, 2.45) is 11.8 Å². The molecule has 2 nitrogen and oxygen atoms in total. The summed E-state index contributed by atoms with van der Waals surface area (Å²) in [6.45, 7) is 0.646. The SMILES string of the molecule is CN(CCCc1ccccc1)C(=O)C1CCC(C(F)(F)F)CC1. The fraction of sp³-hybridized carbons (Fsp3) is 0.611. The van der Waals surface area contributed by atoms with Crippen LogP contribution in [0.15, 0.2) is 30.3 Å². The van der Waals surface area contributed by atoms with Crippen molar-refractivity contribution < 1.29 is 18.0 Å². The van der Waals surface area contributed by atoms with Crippen molar-refractivity contribution >= 4 is 5.91 Å². The van der Waals surface area contributed by atoms with Gasteiger partial charge in [-0.05, 0) is 44.1 Å². The minimum absolute atomic E-state index is 0.00122. The number of alkyl halides is 3. The van der Waals surface area contributed by atoms with Gasteiger partial charge in [-0.3, -0.25) is 4.79 Å². The number of hydrogen-bond acceptors (Lipinski definition) is 1. The molecule has 1 aliphatic carbocycles. The summed E-state index contributed by atoms with van der Waals surface area (Å²) >= 11 is 0. The highest BCUT2D eigenvalue weighted by Crippen LogP contribution is 2.39. The lowest BCUT2D eigenvalue weighted by atomic mass is 9.81. The molecule has 1 fully saturated rings. The van der Waals surface area contributed by atoms with Gasteiger partial charge in [-0.2, -0.15) is 13.2 Å². The predicted octanol–water partition coefficient (Wildman–Crippen LogP) is 4.45. The van der Waals surface area contributed by atoms with E-state index in [2.05, 4.69) is 12.1 Å². The average molecular weight is 327 g/mol. The number of hydrogen-bond donors (Lipinski definition) is 0. The lowest BCUT2D eigenvalue weighted by molar-refractivity contribution is -0.185. The van der Waals surface area contributed by atoms with Gasteiger partial charge in [0, 0.05) is 19.5 Å². The first-order valence-corrected chi connectivity index (χ1v) is 8.23. The number of benzene rings is 1. The number of nitrogens with zero attached hydrogens (tertiary/aromatic N) is 1. The van der Waals surface area contributed by atoms with Crippen LogP contribution < -0.4 is 0 Å². The van der Waals surface area contributed by atoms with E-state index in [0.717, 1.165) is 12.8 Å². The Morgan fingerprint density at radius 2 is 1.74 bits per heavy atom. The molecule has 0 atom stereocenters. The molecule has 1 amide bonds. The normalized spacial score (nSPS) is 21.9. The molecule has 0 N–H and O–H groups in total. The fourth-order valence-corrected chi connectivity index (χ4v) is 3.25. The van der Waals surface area contributed by atoms with Gasteiger partial charge in [0.05, 0.1) is 5.92 Å². The summed E-state index contributed by atoms with van der Waals surface area (Å²) in [6, 6.07) is 10.1. The van der Waals surface area contributed by atoms with Crippen LogP contribution in [0.5, 0.6) is 0 Å². The van der Waals surface area contributed by atoms with Crippen LogP contribution in [0.2, 0.25) is 0 Å². The smallest absolute Gasteiger partial charge is 0.346 e. The molecule has 0 spiro atoms. The second-order valence-electron chi connectivity index (χ2n) is 6.44. The van der Waals surface area contributed by atoms with E-state index in [1.54, 1.807) is 11.9 Å². The van der Waals surface area contributed by atoms with Crippen LogP contribution >= 0.6 is 0 Å². The number of carbonyl (C=O) groups is 1. The Kier molecular flexibility index (Phi) is 6.08. The summed E-state index contributed by atoms with van der Waals surface area (Å²) < 4.78 is 38.0. The summed E-state index contributed by atoms with van der Waals surface area (Å²) in [5.74, 6) is -1.47. The van der Waals surface area contributed by atoms with E-state index in [9.17, 15) is 18.0 Å². The molecule has 0 saturated heterocycles. The Morgan fingerprint density at radius 1 is 1.13 bits per heavy atom. The minimum atomic E-state index is -4.12. The zero-order valence-corrected chi connectivity index (χ0v) is 13.5.